The van der Waals surface area contributed by atoms with Crippen molar-refractivity contribution in [2.75, 3.05) is 31.2 Å². The minimum Gasteiger partial charge on any atom is -0.506 e. The number of hydrogen-bond donors (Lipinski definition) is 1. The number of nitrogens with zero attached hydrogens (tertiary/aromatic N) is 5. The highest BCUT2D eigenvalue weighted by molar-refractivity contribution is 6.32. The van der Waals surface area contributed by atoms with E-state index in [0.717, 1.165) is 11.8 Å². The molecule has 2 aromatic heterocycles. The van der Waals surface area contributed by atoms with Gasteiger partial charge in [-0.15, -0.1) is 0 Å². The molecule has 3 heterocycles. The first-order valence-corrected chi connectivity index (χ1v) is 9.09. The highest BCUT2D eigenvalue weighted by Gasteiger charge is 2.20. The summed E-state index contributed by atoms with van der Waals surface area (Å²) in [6.45, 7) is 3.98. The van der Waals surface area contributed by atoms with Crippen LogP contribution < -0.4 is 4.90 Å². The summed E-state index contributed by atoms with van der Waals surface area (Å²) in [5.74, 6) is 0.0478. The number of hydrogen-bond acceptors (Lipinski definition) is 7. The third-order valence-corrected chi connectivity index (χ3v) is 4.66. The van der Waals surface area contributed by atoms with E-state index in [1.54, 1.807) is 23.1 Å². The number of aromatic hydroxyl groups is 1. The Morgan fingerprint density at radius 1 is 1.14 bits per heavy atom. The normalized spacial score (nSPS) is 14.3. The third kappa shape index (κ3) is 3.61. The molecule has 1 fully saturated rings. The van der Waals surface area contributed by atoms with E-state index in [0.29, 0.717) is 37.6 Å². The first-order chi connectivity index (χ1) is 13.5. The van der Waals surface area contributed by atoms with Crippen LogP contribution in [-0.2, 0) is 4.74 Å². The second kappa shape index (κ2) is 7.65. The molecule has 0 amide bonds. The van der Waals surface area contributed by atoms with E-state index < -0.39 is 5.82 Å². The van der Waals surface area contributed by atoms with Crippen LogP contribution >= 0.6 is 11.6 Å². The smallest absolute Gasteiger partial charge is 0.199 e. The van der Waals surface area contributed by atoms with E-state index in [4.69, 9.17) is 16.3 Å². The van der Waals surface area contributed by atoms with Crippen molar-refractivity contribution in [1.82, 2.24) is 19.9 Å². The van der Waals surface area contributed by atoms with Gasteiger partial charge in [0, 0.05) is 24.8 Å². The Labute approximate surface area is 165 Å². The Bertz CT molecular complexity index is 1030. The minimum absolute atomic E-state index is 0.0639. The van der Waals surface area contributed by atoms with Crippen molar-refractivity contribution in [2.24, 2.45) is 0 Å². The van der Waals surface area contributed by atoms with Crippen LogP contribution in [0.4, 0.5) is 10.2 Å². The van der Waals surface area contributed by atoms with Crippen LogP contribution in [0.5, 0.6) is 5.75 Å². The van der Waals surface area contributed by atoms with Gasteiger partial charge >= 0.3 is 0 Å². The van der Waals surface area contributed by atoms with Crippen LogP contribution in [-0.4, -0.2) is 51.3 Å². The van der Waals surface area contributed by atoms with Crippen molar-refractivity contribution in [3.05, 3.63) is 47.0 Å². The Hall–Kier alpha value is -2.84. The molecule has 4 rings (SSSR count). The van der Waals surface area contributed by atoms with Crippen molar-refractivity contribution in [3.63, 3.8) is 0 Å². The lowest BCUT2D eigenvalue weighted by atomic mass is 10.1. The Morgan fingerprint density at radius 2 is 1.89 bits per heavy atom. The lowest BCUT2D eigenvalue weighted by Gasteiger charge is -2.27. The van der Waals surface area contributed by atoms with Gasteiger partial charge in [0.2, 0.25) is 0 Å². The van der Waals surface area contributed by atoms with E-state index in [1.807, 2.05) is 6.92 Å². The maximum Gasteiger partial charge on any atom is 0.199 e. The summed E-state index contributed by atoms with van der Waals surface area (Å²) in [6.07, 6.45) is 2.65. The molecule has 1 aromatic carbocycles. The topological polar surface area (TPSA) is 84.3 Å². The zero-order valence-electron chi connectivity index (χ0n) is 15.1. The predicted molar refractivity (Wildman–Crippen MR) is 103 cm³/mol. The molecule has 0 aliphatic carbocycles. The van der Waals surface area contributed by atoms with Gasteiger partial charge in [-0.25, -0.2) is 24.3 Å². The van der Waals surface area contributed by atoms with E-state index >= 15 is 0 Å². The van der Waals surface area contributed by atoms with Gasteiger partial charge in [-0.05, 0) is 30.7 Å². The number of rotatable bonds is 3. The van der Waals surface area contributed by atoms with Crippen LogP contribution in [0.15, 0.2) is 30.6 Å². The fourth-order valence-corrected chi connectivity index (χ4v) is 3.28. The molecule has 7 nitrogen and oxygen atoms in total. The molecule has 0 spiro atoms. The zero-order chi connectivity index (χ0) is 19.7. The highest BCUT2D eigenvalue weighted by Crippen LogP contribution is 2.35. The number of aromatic nitrogens is 4. The maximum atomic E-state index is 14.3. The quantitative estimate of drug-likeness (QED) is 0.721. The third-order valence-electron chi connectivity index (χ3n) is 4.38. The lowest BCUT2D eigenvalue weighted by Crippen LogP contribution is -2.37. The van der Waals surface area contributed by atoms with E-state index in [9.17, 15) is 9.50 Å². The summed E-state index contributed by atoms with van der Waals surface area (Å²) < 4.78 is 19.6. The SMILES string of the molecule is Cc1cc(Cl)c(O)c(-c2ccnc(-c3ncc(F)c(N4CCOCC4)n3)n2)c1. The summed E-state index contributed by atoms with van der Waals surface area (Å²) in [4.78, 5) is 18.8. The molecule has 1 saturated heterocycles. The molecule has 0 atom stereocenters. The fourth-order valence-electron chi connectivity index (χ4n) is 3.01. The van der Waals surface area contributed by atoms with Gasteiger partial charge in [0.1, 0.15) is 5.75 Å². The number of benzene rings is 1. The maximum absolute atomic E-state index is 14.3. The van der Waals surface area contributed by atoms with Gasteiger partial charge in [0.15, 0.2) is 23.3 Å². The highest BCUT2D eigenvalue weighted by atomic mass is 35.5. The molecule has 28 heavy (non-hydrogen) atoms. The van der Waals surface area contributed by atoms with Crippen LogP contribution in [0.1, 0.15) is 5.56 Å². The molecule has 1 aliphatic rings. The summed E-state index contributed by atoms with van der Waals surface area (Å²) in [7, 11) is 0. The summed E-state index contributed by atoms with van der Waals surface area (Å²) in [6, 6.07) is 5.10. The first-order valence-electron chi connectivity index (χ1n) is 8.71. The van der Waals surface area contributed by atoms with Gasteiger partial charge in [-0.2, -0.15) is 0 Å². The number of phenols is 1. The van der Waals surface area contributed by atoms with Crippen molar-refractivity contribution >= 4 is 17.4 Å². The van der Waals surface area contributed by atoms with Crippen LogP contribution in [0.3, 0.4) is 0 Å². The largest absolute Gasteiger partial charge is 0.506 e. The van der Waals surface area contributed by atoms with Gasteiger partial charge in [-0.1, -0.05) is 11.6 Å². The number of aryl methyl sites for hydroxylation is 1. The Kier molecular flexibility index (Phi) is 5.06. The number of morpholine rings is 1. The molecular weight excluding hydrogens is 385 g/mol. The summed E-state index contributed by atoms with van der Waals surface area (Å²) in [5.41, 5.74) is 1.82. The number of ether oxygens (including phenoxy) is 1. The average Bonchev–Trinajstić information content (AvgIpc) is 2.72. The first kappa shape index (κ1) is 18.5. The molecule has 0 unspecified atom stereocenters. The summed E-state index contributed by atoms with van der Waals surface area (Å²) >= 11 is 6.07. The minimum atomic E-state index is -0.509. The van der Waals surface area contributed by atoms with Crippen molar-refractivity contribution in [1.29, 1.82) is 0 Å². The molecule has 0 saturated carbocycles. The van der Waals surface area contributed by atoms with Gasteiger partial charge < -0.3 is 14.7 Å². The van der Waals surface area contributed by atoms with E-state index in [-0.39, 0.29) is 28.2 Å². The molecule has 9 heteroatoms. The van der Waals surface area contributed by atoms with Crippen molar-refractivity contribution in [2.45, 2.75) is 6.92 Å². The lowest BCUT2D eigenvalue weighted by molar-refractivity contribution is 0.122. The van der Waals surface area contributed by atoms with Crippen LogP contribution in [0, 0.1) is 12.7 Å². The van der Waals surface area contributed by atoms with Gasteiger partial charge in [0.25, 0.3) is 0 Å². The van der Waals surface area contributed by atoms with Crippen molar-refractivity contribution < 1.29 is 14.2 Å². The number of anilines is 1. The molecule has 1 N–H and O–H groups in total. The molecule has 0 bridgehead atoms. The van der Waals surface area contributed by atoms with Crippen LogP contribution in [0.25, 0.3) is 22.9 Å². The van der Waals surface area contributed by atoms with Crippen molar-refractivity contribution in [3.8, 4) is 28.7 Å². The molecule has 144 valence electrons. The molecule has 3 aromatic rings. The average molecular weight is 402 g/mol. The van der Waals surface area contributed by atoms with Gasteiger partial charge in [0.05, 0.1) is 30.1 Å². The summed E-state index contributed by atoms with van der Waals surface area (Å²) in [5, 5.41) is 10.5. The molecule has 1 aliphatic heterocycles. The molecular formula is C19H17ClFN5O2. The van der Waals surface area contributed by atoms with Gasteiger partial charge in [-0.3, -0.25) is 0 Å². The monoisotopic (exact) mass is 401 g/mol. The van der Waals surface area contributed by atoms with E-state index in [1.165, 1.54) is 6.20 Å². The Morgan fingerprint density at radius 3 is 2.68 bits per heavy atom. The Balaban J connectivity index is 1.74. The van der Waals surface area contributed by atoms with E-state index in [2.05, 4.69) is 19.9 Å². The number of phenolic OH excluding ortho intramolecular Hbond substituents is 1. The standard InChI is InChI=1S/C19H17ClFN5O2/c1-11-8-12(16(27)13(20)9-11)15-2-3-22-17(24-15)18-23-10-14(21)19(25-18)26-4-6-28-7-5-26/h2-3,8-10,27H,4-7H2,1H3. The van der Waals surface area contributed by atoms with Crippen LogP contribution in [0.2, 0.25) is 5.02 Å². The molecule has 0 radical (unpaired) electrons. The fraction of sp³-hybridized carbons (Fsp3) is 0.263. The zero-order valence-corrected chi connectivity index (χ0v) is 15.8. The number of halogens is 2. The predicted octanol–water partition coefficient (Wildman–Crippen LogP) is 3.24. The second-order valence-corrected chi connectivity index (χ2v) is 6.78. The second-order valence-electron chi connectivity index (χ2n) is 6.37.